The Balaban J connectivity index is 2.07. The maximum Gasteiger partial charge on any atom is 0.417 e. The van der Waals surface area contributed by atoms with E-state index in [1.807, 2.05) is 0 Å². The van der Waals surface area contributed by atoms with E-state index in [-0.39, 0.29) is 6.42 Å². The van der Waals surface area contributed by atoms with Crippen molar-refractivity contribution < 1.29 is 21.6 Å². The second-order valence-corrected chi connectivity index (χ2v) is 8.40. The molecular formula is C16H14F3NO2S. The molecule has 3 rings (SSSR count). The molecule has 0 amide bonds. The van der Waals surface area contributed by atoms with E-state index < -0.39 is 37.6 Å². The van der Waals surface area contributed by atoms with Crippen molar-refractivity contribution in [2.45, 2.75) is 42.4 Å². The Kier molecular flexibility index (Phi) is 3.75. The smallest absolute Gasteiger partial charge is 0.228 e. The summed E-state index contributed by atoms with van der Waals surface area (Å²) >= 11 is 0. The number of nitriles is 1. The Morgan fingerprint density at radius 3 is 2.57 bits per heavy atom. The van der Waals surface area contributed by atoms with E-state index in [4.69, 9.17) is 5.26 Å². The second kappa shape index (κ2) is 5.38. The van der Waals surface area contributed by atoms with Crippen LogP contribution in [0.5, 0.6) is 0 Å². The van der Waals surface area contributed by atoms with Crippen LogP contribution in [0.25, 0.3) is 5.57 Å². The molecule has 0 aliphatic carbocycles. The van der Waals surface area contributed by atoms with Crippen molar-refractivity contribution in [3.05, 3.63) is 41.0 Å². The van der Waals surface area contributed by atoms with Gasteiger partial charge >= 0.3 is 6.18 Å². The lowest BCUT2D eigenvalue weighted by atomic mass is 9.91. The highest BCUT2D eigenvalue weighted by atomic mass is 32.2. The molecule has 0 radical (unpaired) electrons. The van der Waals surface area contributed by atoms with Crippen LogP contribution in [0.3, 0.4) is 0 Å². The summed E-state index contributed by atoms with van der Waals surface area (Å²) in [6.07, 6.45) is -0.893. The summed E-state index contributed by atoms with van der Waals surface area (Å²) in [6.45, 7) is 0. The molecule has 1 aromatic rings. The number of rotatable bonds is 1. The molecular weight excluding hydrogens is 327 g/mol. The monoisotopic (exact) mass is 341 g/mol. The summed E-state index contributed by atoms with van der Waals surface area (Å²) < 4.78 is 63.7. The topological polar surface area (TPSA) is 57.9 Å². The minimum atomic E-state index is -4.61. The fraction of sp³-hybridized carbons (Fsp3) is 0.438. The standard InChI is InChI=1S/C16H14F3NO2S/c17-16(18,19)15-8-10(4-5-11(15)9-20)12-6-13-2-1-3-14(7-12)23(13,21)22/h4-6,8,13-14H,1-3,7H2. The van der Waals surface area contributed by atoms with Gasteiger partial charge in [-0.15, -0.1) is 0 Å². The van der Waals surface area contributed by atoms with Gasteiger partial charge in [0.15, 0.2) is 9.84 Å². The van der Waals surface area contributed by atoms with Crippen molar-refractivity contribution in [2.75, 3.05) is 0 Å². The highest BCUT2D eigenvalue weighted by molar-refractivity contribution is 7.93. The minimum Gasteiger partial charge on any atom is -0.228 e. The molecule has 0 spiro atoms. The van der Waals surface area contributed by atoms with Crippen molar-refractivity contribution in [2.24, 2.45) is 0 Å². The highest BCUT2D eigenvalue weighted by Crippen LogP contribution is 2.41. The van der Waals surface area contributed by atoms with E-state index in [1.54, 1.807) is 12.1 Å². The van der Waals surface area contributed by atoms with E-state index in [0.29, 0.717) is 24.0 Å². The van der Waals surface area contributed by atoms with Gasteiger partial charge in [-0.05, 0) is 42.5 Å². The Bertz CT molecular complexity index is 819. The number of hydrogen-bond donors (Lipinski definition) is 0. The molecule has 122 valence electrons. The molecule has 1 fully saturated rings. The van der Waals surface area contributed by atoms with Crippen LogP contribution in [0.2, 0.25) is 0 Å². The maximum atomic E-state index is 13.1. The Morgan fingerprint density at radius 1 is 1.22 bits per heavy atom. The van der Waals surface area contributed by atoms with Gasteiger partial charge < -0.3 is 0 Å². The van der Waals surface area contributed by atoms with Gasteiger partial charge in [0.2, 0.25) is 0 Å². The Hall–Kier alpha value is -1.81. The number of hydrogen-bond acceptors (Lipinski definition) is 3. The van der Waals surface area contributed by atoms with Gasteiger partial charge in [0.1, 0.15) is 0 Å². The third-order valence-corrected chi connectivity index (χ3v) is 7.10. The summed E-state index contributed by atoms with van der Waals surface area (Å²) in [4.78, 5) is 0. The summed E-state index contributed by atoms with van der Waals surface area (Å²) in [5, 5.41) is 7.73. The number of alkyl halides is 3. The lowest BCUT2D eigenvalue weighted by Crippen LogP contribution is -2.38. The fourth-order valence-corrected chi connectivity index (χ4v) is 5.60. The first-order valence-electron chi connectivity index (χ1n) is 7.28. The van der Waals surface area contributed by atoms with E-state index in [1.165, 1.54) is 6.07 Å². The molecule has 3 nitrogen and oxygen atoms in total. The van der Waals surface area contributed by atoms with Crippen LogP contribution in [0.4, 0.5) is 13.2 Å². The van der Waals surface area contributed by atoms with Crippen LogP contribution in [0, 0.1) is 11.3 Å². The lowest BCUT2D eigenvalue weighted by molar-refractivity contribution is -0.137. The van der Waals surface area contributed by atoms with E-state index >= 15 is 0 Å². The summed E-state index contributed by atoms with van der Waals surface area (Å²) in [7, 11) is -3.21. The van der Waals surface area contributed by atoms with Crippen molar-refractivity contribution >= 4 is 15.4 Å². The van der Waals surface area contributed by atoms with Gasteiger partial charge in [-0.2, -0.15) is 18.4 Å². The molecule has 1 saturated heterocycles. The van der Waals surface area contributed by atoms with Gasteiger partial charge in [0.05, 0.1) is 27.7 Å². The van der Waals surface area contributed by atoms with Crippen molar-refractivity contribution in [3.8, 4) is 6.07 Å². The zero-order valence-electron chi connectivity index (χ0n) is 12.1. The highest BCUT2D eigenvalue weighted by Gasteiger charge is 2.41. The molecule has 0 aromatic heterocycles. The van der Waals surface area contributed by atoms with Crippen molar-refractivity contribution in [3.63, 3.8) is 0 Å². The second-order valence-electron chi connectivity index (χ2n) is 5.95. The van der Waals surface area contributed by atoms with Crippen LogP contribution in [0.1, 0.15) is 42.4 Å². The number of sulfone groups is 1. The first-order valence-corrected chi connectivity index (χ1v) is 8.89. The quantitative estimate of drug-likeness (QED) is 0.782. The number of allylic oxidation sites excluding steroid dienone is 1. The lowest BCUT2D eigenvalue weighted by Gasteiger charge is -2.33. The molecule has 2 heterocycles. The van der Waals surface area contributed by atoms with Crippen LogP contribution >= 0.6 is 0 Å². The molecule has 0 N–H and O–H groups in total. The molecule has 1 aromatic carbocycles. The van der Waals surface area contributed by atoms with Crippen molar-refractivity contribution in [1.29, 1.82) is 5.26 Å². The average Bonchev–Trinajstić information content (AvgIpc) is 2.44. The van der Waals surface area contributed by atoms with Gasteiger partial charge in [0, 0.05) is 0 Å². The molecule has 0 saturated carbocycles. The van der Waals surface area contributed by atoms with Gasteiger partial charge in [-0.3, -0.25) is 0 Å². The minimum absolute atomic E-state index is 0.238. The summed E-state index contributed by atoms with van der Waals surface area (Å²) in [5.41, 5.74) is -0.421. The molecule has 2 aliphatic heterocycles. The number of nitrogens with zero attached hydrogens (tertiary/aromatic N) is 1. The zero-order chi connectivity index (χ0) is 16.8. The molecule has 7 heteroatoms. The first-order chi connectivity index (χ1) is 10.7. The predicted molar refractivity (Wildman–Crippen MR) is 79.1 cm³/mol. The number of benzene rings is 1. The van der Waals surface area contributed by atoms with Crippen LogP contribution in [0.15, 0.2) is 24.3 Å². The third kappa shape index (κ3) is 2.76. The van der Waals surface area contributed by atoms with Crippen molar-refractivity contribution in [1.82, 2.24) is 0 Å². The van der Waals surface area contributed by atoms with Gasteiger partial charge in [0.25, 0.3) is 0 Å². The molecule has 2 bridgehead atoms. The number of halogens is 3. The van der Waals surface area contributed by atoms with Crippen LogP contribution in [-0.4, -0.2) is 18.9 Å². The molecule has 2 atom stereocenters. The van der Waals surface area contributed by atoms with E-state index in [2.05, 4.69) is 0 Å². The van der Waals surface area contributed by atoms with Gasteiger partial charge in [-0.1, -0.05) is 18.6 Å². The Labute approximate surface area is 132 Å². The SMILES string of the molecule is N#Cc1ccc(C2=CC3CCCC(C2)S3(=O)=O)cc1C(F)(F)F. The normalized spacial score (nSPS) is 26.3. The first kappa shape index (κ1) is 16.1. The summed E-state index contributed by atoms with van der Waals surface area (Å²) in [5.74, 6) is 0. The summed E-state index contributed by atoms with van der Waals surface area (Å²) in [6, 6.07) is 5.12. The van der Waals surface area contributed by atoms with E-state index in [9.17, 15) is 21.6 Å². The van der Waals surface area contributed by atoms with Crippen LogP contribution in [-0.2, 0) is 16.0 Å². The average molecular weight is 341 g/mol. The molecule has 23 heavy (non-hydrogen) atoms. The molecule has 2 unspecified atom stereocenters. The maximum absolute atomic E-state index is 13.1. The van der Waals surface area contributed by atoms with Gasteiger partial charge in [-0.25, -0.2) is 8.42 Å². The largest absolute Gasteiger partial charge is 0.417 e. The van der Waals surface area contributed by atoms with E-state index in [0.717, 1.165) is 18.6 Å². The number of fused-ring (bicyclic) bond motifs is 2. The predicted octanol–water partition coefficient (Wildman–Crippen LogP) is 3.70. The zero-order valence-corrected chi connectivity index (χ0v) is 12.9. The van der Waals surface area contributed by atoms with Crippen LogP contribution < -0.4 is 0 Å². The Morgan fingerprint density at radius 2 is 1.96 bits per heavy atom. The third-order valence-electron chi connectivity index (χ3n) is 4.55. The fourth-order valence-electron chi connectivity index (χ4n) is 3.35. The molecule has 2 aliphatic rings.